The number of hydrogen-bond acceptors (Lipinski definition) is 5. The van der Waals surface area contributed by atoms with Crippen molar-refractivity contribution in [1.29, 1.82) is 0 Å². The van der Waals surface area contributed by atoms with Gasteiger partial charge in [0.25, 0.3) is 0 Å². The van der Waals surface area contributed by atoms with Gasteiger partial charge >= 0.3 is 0 Å². The van der Waals surface area contributed by atoms with Crippen molar-refractivity contribution in [1.82, 2.24) is 19.5 Å². The molecule has 0 spiro atoms. The summed E-state index contributed by atoms with van der Waals surface area (Å²) in [5.41, 5.74) is 7.47. The molecule has 45 heavy (non-hydrogen) atoms. The van der Waals surface area contributed by atoms with Crippen LogP contribution in [0.4, 0.5) is 17.1 Å². The van der Waals surface area contributed by atoms with Crippen LogP contribution in [0.25, 0.3) is 50.5 Å². The highest BCUT2D eigenvalue weighted by atomic mass is 32.2. The standard InChI is InChI=1S/C39H25N5S/c1-4-14-26(15-5-1)37-40-38(27-16-6-2-7-17-27)42-39(41-37)44-31-21-11-10-20-29(31)30-24-34-36(25-33(30)44)45-35-23-13-12-22-32(35)43(34)28-18-8-3-9-19-28/h1-25H. The van der Waals surface area contributed by atoms with Crippen molar-refractivity contribution >= 4 is 50.6 Å². The van der Waals surface area contributed by atoms with Gasteiger partial charge in [0.1, 0.15) is 0 Å². The zero-order valence-electron chi connectivity index (χ0n) is 24.1. The van der Waals surface area contributed by atoms with Gasteiger partial charge in [-0.1, -0.05) is 121 Å². The lowest BCUT2D eigenvalue weighted by atomic mass is 10.1. The van der Waals surface area contributed by atoms with Crippen LogP contribution >= 0.6 is 11.8 Å². The van der Waals surface area contributed by atoms with Crippen molar-refractivity contribution in [2.75, 3.05) is 4.90 Å². The summed E-state index contributed by atoms with van der Waals surface area (Å²) in [5.74, 6) is 1.87. The Balaban J connectivity index is 1.33. The fourth-order valence-corrected chi connectivity index (χ4v) is 7.26. The molecule has 6 aromatic carbocycles. The van der Waals surface area contributed by atoms with Crippen molar-refractivity contribution in [3.05, 3.63) is 152 Å². The maximum Gasteiger partial charge on any atom is 0.238 e. The Kier molecular flexibility index (Phi) is 5.99. The average Bonchev–Trinajstić information content (AvgIpc) is 3.43. The third-order valence-corrected chi connectivity index (χ3v) is 9.33. The predicted octanol–water partition coefficient (Wildman–Crippen LogP) is 10.2. The van der Waals surface area contributed by atoms with Crippen LogP contribution in [0, 0.1) is 0 Å². The number of para-hydroxylation sites is 3. The molecule has 0 bridgehead atoms. The molecule has 0 N–H and O–H groups in total. The van der Waals surface area contributed by atoms with E-state index in [0.29, 0.717) is 17.6 Å². The van der Waals surface area contributed by atoms with Crippen LogP contribution in [0.2, 0.25) is 0 Å². The first-order chi connectivity index (χ1) is 22.3. The number of aromatic nitrogens is 4. The summed E-state index contributed by atoms with van der Waals surface area (Å²) in [5, 5.41) is 2.29. The van der Waals surface area contributed by atoms with E-state index in [1.807, 2.05) is 60.7 Å². The second kappa shape index (κ2) is 10.5. The number of benzene rings is 6. The second-order valence-corrected chi connectivity index (χ2v) is 12.0. The first-order valence-electron chi connectivity index (χ1n) is 14.9. The molecule has 2 aromatic heterocycles. The maximum atomic E-state index is 5.11. The Hall–Kier alpha value is -5.72. The number of anilines is 3. The molecule has 9 rings (SSSR count). The molecule has 212 valence electrons. The van der Waals surface area contributed by atoms with Crippen LogP contribution in [0.15, 0.2) is 161 Å². The van der Waals surface area contributed by atoms with E-state index in [-0.39, 0.29) is 0 Å². The lowest BCUT2D eigenvalue weighted by Crippen LogP contribution is -2.14. The molecular weight excluding hydrogens is 571 g/mol. The average molecular weight is 596 g/mol. The number of hydrogen-bond donors (Lipinski definition) is 0. The Morgan fingerprint density at radius 2 is 1.04 bits per heavy atom. The molecule has 0 fully saturated rings. The van der Waals surface area contributed by atoms with Crippen LogP contribution < -0.4 is 4.90 Å². The lowest BCUT2D eigenvalue weighted by Gasteiger charge is -2.33. The molecule has 0 atom stereocenters. The van der Waals surface area contributed by atoms with Crippen LogP contribution in [0.3, 0.4) is 0 Å². The Morgan fingerprint density at radius 3 is 1.76 bits per heavy atom. The van der Waals surface area contributed by atoms with Gasteiger partial charge in [0, 0.05) is 37.4 Å². The summed E-state index contributed by atoms with van der Waals surface area (Å²) in [6.07, 6.45) is 0. The van der Waals surface area contributed by atoms with Crippen molar-refractivity contribution in [2.45, 2.75) is 9.79 Å². The van der Waals surface area contributed by atoms with Gasteiger partial charge < -0.3 is 4.90 Å². The van der Waals surface area contributed by atoms with Crippen molar-refractivity contribution in [2.24, 2.45) is 0 Å². The van der Waals surface area contributed by atoms with E-state index in [1.54, 1.807) is 11.8 Å². The molecule has 0 saturated heterocycles. The highest BCUT2D eigenvalue weighted by molar-refractivity contribution is 7.99. The van der Waals surface area contributed by atoms with Crippen LogP contribution in [-0.4, -0.2) is 19.5 Å². The molecule has 0 unspecified atom stereocenters. The summed E-state index contributed by atoms with van der Waals surface area (Å²) in [4.78, 5) is 19.9. The molecule has 6 heteroatoms. The van der Waals surface area contributed by atoms with E-state index in [2.05, 4.69) is 100 Å². The molecule has 0 radical (unpaired) electrons. The number of nitrogens with zero attached hydrogens (tertiary/aromatic N) is 5. The predicted molar refractivity (Wildman–Crippen MR) is 184 cm³/mol. The van der Waals surface area contributed by atoms with E-state index in [1.165, 1.54) is 15.5 Å². The maximum absolute atomic E-state index is 5.11. The summed E-state index contributed by atoms with van der Waals surface area (Å²) in [6.45, 7) is 0. The van der Waals surface area contributed by atoms with E-state index in [4.69, 9.17) is 15.0 Å². The van der Waals surface area contributed by atoms with Crippen molar-refractivity contribution in [3.63, 3.8) is 0 Å². The first kappa shape index (κ1) is 25.7. The summed E-state index contributed by atoms with van der Waals surface area (Å²) >= 11 is 1.80. The van der Waals surface area contributed by atoms with Gasteiger partial charge in [0.15, 0.2) is 11.6 Å². The zero-order valence-corrected chi connectivity index (χ0v) is 24.9. The second-order valence-electron chi connectivity index (χ2n) is 10.9. The van der Waals surface area contributed by atoms with Gasteiger partial charge in [-0.25, -0.2) is 4.98 Å². The van der Waals surface area contributed by atoms with Gasteiger partial charge in [0.2, 0.25) is 5.95 Å². The van der Waals surface area contributed by atoms with Crippen LogP contribution in [0.1, 0.15) is 0 Å². The Bertz CT molecular complexity index is 2290. The van der Waals surface area contributed by atoms with E-state index in [0.717, 1.165) is 44.3 Å². The molecule has 0 saturated carbocycles. The van der Waals surface area contributed by atoms with Gasteiger partial charge in [-0.2, -0.15) is 9.97 Å². The normalized spacial score (nSPS) is 12.3. The van der Waals surface area contributed by atoms with Gasteiger partial charge in [-0.3, -0.25) is 4.57 Å². The minimum absolute atomic E-state index is 0.593. The number of fused-ring (bicyclic) bond motifs is 5. The van der Waals surface area contributed by atoms with Crippen LogP contribution in [0.5, 0.6) is 0 Å². The number of rotatable bonds is 4. The van der Waals surface area contributed by atoms with Gasteiger partial charge in [0.05, 0.1) is 22.4 Å². The monoisotopic (exact) mass is 595 g/mol. The lowest BCUT2D eigenvalue weighted by molar-refractivity contribution is 0.952. The van der Waals surface area contributed by atoms with Gasteiger partial charge in [-0.05, 0) is 42.5 Å². The molecule has 0 amide bonds. The minimum atomic E-state index is 0.593. The molecule has 1 aliphatic heterocycles. The minimum Gasteiger partial charge on any atom is -0.308 e. The third-order valence-electron chi connectivity index (χ3n) is 8.22. The summed E-state index contributed by atoms with van der Waals surface area (Å²) in [6, 6.07) is 52.6. The van der Waals surface area contributed by atoms with Crippen LogP contribution in [-0.2, 0) is 0 Å². The molecular formula is C39H25N5S. The van der Waals surface area contributed by atoms with E-state index in [9.17, 15) is 0 Å². The third kappa shape index (κ3) is 4.30. The Morgan fingerprint density at radius 1 is 0.444 bits per heavy atom. The summed E-state index contributed by atoms with van der Waals surface area (Å²) in [7, 11) is 0. The van der Waals surface area contributed by atoms with Crippen molar-refractivity contribution in [3.8, 4) is 28.7 Å². The molecule has 8 aromatic rings. The highest BCUT2D eigenvalue weighted by Gasteiger charge is 2.27. The molecule has 5 nitrogen and oxygen atoms in total. The first-order valence-corrected chi connectivity index (χ1v) is 15.7. The zero-order chi connectivity index (χ0) is 29.7. The molecule has 1 aliphatic rings. The SMILES string of the molecule is c1ccc(-c2nc(-c3ccccc3)nc(-n3c4ccccc4c4cc5c(cc43)Sc3ccccc3N5c3ccccc3)n2)cc1. The van der Waals surface area contributed by atoms with E-state index >= 15 is 0 Å². The molecule has 3 heterocycles. The topological polar surface area (TPSA) is 46.8 Å². The smallest absolute Gasteiger partial charge is 0.238 e. The van der Waals surface area contributed by atoms with Gasteiger partial charge in [-0.15, -0.1) is 0 Å². The van der Waals surface area contributed by atoms with Crippen molar-refractivity contribution < 1.29 is 0 Å². The van der Waals surface area contributed by atoms with E-state index < -0.39 is 0 Å². The fourth-order valence-electron chi connectivity index (χ4n) is 6.19. The Labute approximate surface area is 264 Å². The largest absolute Gasteiger partial charge is 0.308 e. The quantitative estimate of drug-likeness (QED) is 0.203. The molecule has 0 aliphatic carbocycles. The summed E-state index contributed by atoms with van der Waals surface area (Å²) < 4.78 is 2.19. The highest BCUT2D eigenvalue weighted by Crippen LogP contribution is 2.53. The fraction of sp³-hybridized carbons (Fsp3) is 0.